The summed E-state index contributed by atoms with van der Waals surface area (Å²) >= 11 is 1.39. The predicted octanol–water partition coefficient (Wildman–Crippen LogP) is 4.12. The lowest BCUT2D eigenvalue weighted by Crippen LogP contribution is -2.23. The molecule has 0 bridgehead atoms. The lowest BCUT2D eigenvalue weighted by atomic mass is 10.0. The second-order valence-electron chi connectivity index (χ2n) is 6.59. The van der Waals surface area contributed by atoms with Crippen LogP contribution in [0, 0.1) is 0 Å². The van der Waals surface area contributed by atoms with Gasteiger partial charge in [-0.25, -0.2) is 0 Å². The Morgan fingerprint density at radius 1 is 1.07 bits per heavy atom. The Bertz CT molecular complexity index is 923. The maximum atomic E-state index is 12.7. The summed E-state index contributed by atoms with van der Waals surface area (Å²) < 4.78 is 1.89. The first-order valence-electron chi connectivity index (χ1n) is 8.83. The van der Waals surface area contributed by atoms with Gasteiger partial charge in [0.05, 0.1) is 5.25 Å². The zero-order valence-corrected chi connectivity index (χ0v) is 16.7. The van der Waals surface area contributed by atoms with Crippen molar-refractivity contribution in [3.63, 3.8) is 0 Å². The molecule has 3 rings (SSSR count). The van der Waals surface area contributed by atoms with Crippen molar-refractivity contribution < 1.29 is 4.79 Å². The Morgan fingerprint density at radius 3 is 2.48 bits per heavy atom. The highest BCUT2D eigenvalue weighted by Crippen LogP contribution is 2.28. The normalized spacial score (nSPS) is 12.2. The maximum absolute atomic E-state index is 12.7. The van der Waals surface area contributed by atoms with Gasteiger partial charge < -0.3 is 9.88 Å². The minimum atomic E-state index is -0.307. The standard InChI is InChI=1S/C20H23N5OS/c1-13(2)16-7-5-6-8-17(16)22-19(26)14(3)27-20-24-23-18(25(20)4)15-9-11-21-12-10-15/h5-14H,1-4H3,(H,22,26)/t14-/m1/s1. The van der Waals surface area contributed by atoms with Crippen molar-refractivity contribution in [2.75, 3.05) is 5.32 Å². The van der Waals surface area contributed by atoms with Crippen LogP contribution in [-0.2, 0) is 11.8 Å². The number of carbonyl (C=O) groups excluding carboxylic acids is 1. The smallest absolute Gasteiger partial charge is 0.237 e. The minimum absolute atomic E-state index is 0.0541. The maximum Gasteiger partial charge on any atom is 0.237 e. The lowest BCUT2D eigenvalue weighted by Gasteiger charge is -2.16. The average Bonchev–Trinajstić information content (AvgIpc) is 3.03. The molecule has 140 valence electrons. The molecular weight excluding hydrogens is 358 g/mol. The quantitative estimate of drug-likeness (QED) is 0.650. The van der Waals surface area contributed by atoms with Gasteiger partial charge >= 0.3 is 0 Å². The molecule has 3 aromatic rings. The fourth-order valence-electron chi connectivity index (χ4n) is 2.73. The third kappa shape index (κ3) is 4.36. The summed E-state index contributed by atoms with van der Waals surface area (Å²) in [7, 11) is 1.90. The molecule has 1 N–H and O–H groups in total. The van der Waals surface area contributed by atoms with Crippen molar-refractivity contribution in [1.29, 1.82) is 0 Å². The van der Waals surface area contributed by atoms with E-state index in [4.69, 9.17) is 0 Å². The second-order valence-corrected chi connectivity index (χ2v) is 7.90. The van der Waals surface area contributed by atoms with Crippen LogP contribution < -0.4 is 5.32 Å². The summed E-state index contributed by atoms with van der Waals surface area (Å²) in [5.74, 6) is 1.03. The topological polar surface area (TPSA) is 72.7 Å². The first-order valence-corrected chi connectivity index (χ1v) is 9.71. The molecule has 27 heavy (non-hydrogen) atoms. The molecule has 7 heteroatoms. The van der Waals surface area contributed by atoms with Crippen LogP contribution in [0.3, 0.4) is 0 Å². The Kier molecular flexibility index (Phi) is 5.91. The Hall–Kier alpha value is -2.67. The number of hydrogen-bond donors (Lipinski definition) is 1. The third-order valence-corrected chi connectivity index (χ3v) is 5.40. The number of nitrogens with zero attached hydrogens (tertiary/aromatic N) is 4. The lowest BCUT2D eigenvalue weighted by molar-refractivity contribution is -0.115. The molecule has 6 nitrogen and oxygen atoms in total. The van der Waals surface area contributed by atoms with Gasteiger partial charge in [0.1, 0.15) is 0 Å². The molecule has 2 heterocycles. The van der Waals surface area contributed by atoms with E-state index in [0.717, 1.165) is 22.6 Å². The van der Waals surface area contributed by atoms with E-state index < -0.39 is 0 Å². The van der Waals surface area contributed by atoms with Crippen molar-refractivity contribution >= 4 is 23.4 Å². The largest absolute Gasteiger partial charge is 0.325 e. The van der Waals surface area contributed by atoms with E-state index in [9.17, 15) is 4.79 Å². The van der Waals surface area contributed by atoms with Crippen LogP contribution >= 0.6 is 11.8 Å². The number of nitrogens with one attached hydrogen (secondary N) is 1. The third-order valence-electron chi connectivity index (χ3n) is 4.27. The van der Waals surface area contributed by atoms with Crippen molar-refractivity contribution in [3.8, 4) is 11.4 Å². The number of hydrogen-bond acceptors (Lipinski definition) is 5. The second kappa shape index (κ2) is 8.35. The average molecular weight is 382 g/mol. The van der Waals surface area contributed by atoms with Gasteiger partial charge in [-0.3, -0.25) is 9.78 Å². The molecular formula is C20H23N5OS. The number of para-hydroxylation sites is 1. The fourth-order valence-corrected chi connectivity index (χ4v) is 3.54. The number of anilines is 1. The van der Waals surface area contributed by atoms with Crippen LogP contribution in [0.15, 0.2) is 53.9 Å². The van der Waals surface area contributed by atoms with E-state index in [1.54, 1.807) is 12.4 Å². The SMILES string of the molecule is CC(C)c1ccccc1NC(=O)[C@@H](C)Sc1nnc(-c2ccncc2)n1C. The number of amides is 1. The van der Waals surface area contributed by atoms with Gasteiger partial charge in [-0.1, -0.05) is 43.8 Å². The van der Waals surface area contributed by atoms with Gasteiger partial charge in [-0.15, -0.1) is 10.2 Å². The van der Waals surface area contributed by atoms with E-state index >= 15 is 0 Å². The molecule has 2 aromatic heterocycles. The molecule has 0 aliphatic carbocycles. The van der Waals surface area contributed by atoms with Crippen LogP contribution in [-0.4, -0.2) is 30.9 Å². The summed E-state index contributed by atoms with van der Waals surface area (Å²) in [5, 5.41) is 11.9. The summed E-state index contributed by atoms with van der Waals surface area (Å²) in [6, 6.07) is 11.7. The van der Waals surface area contributed by atoms with Crippen LogP contribution in [0.1, 0.15) is 32.3 Å². The van der Waals surface area contributed by atoms with Crippen molar-refractivity contribution in [1.82, 2.24) is 19.7 Å². The number of rotatable bonds is 6. The first-order chi connectivity index (χ1) is 13.0. The summed E-state index contributed by atoms with van der Waals surface area (Å²) in [5.41, 5.74) is 2.93. The highest BCUT2D eigenvalue weighted by molar-refractivity contribution is 8.00. The molecule has 0 unspecified atom stereocenters. The highest BCUT2D eigenvalue weighted by Gasteiger charge is 2.20. The van der Waals surface area contributed by atoms with Gasteiger partial charge in [0.2, 0.25) is 5.91 Å². The molecule has 0 saturated carbocycles. The molecule has 1 atom stereocenters. The Morgan fingerprint density at radius 2 is 1.78 bits per heavy atom. The minimum Gasteiger partial charge on any atom is -0.325 e. The van der Waals surface area contributed by atoms with Crippen molar-refractivity contribution in [2.24, 2.45) is 7.05 Å². The number of carbonyl (C=O) groups is 1. The number of pyridine rings is 1. The Balaban J connectivity index is 1.72. The van der Waals surface area contributed by atoms with Crippen LogP contribution in [0.2, 0.25) is 0 Å². The highest BCUT2D eigenvalue weighted by atomic mass is 32.2. The summed E-state index contributed by atoms with van der Waals surface area (Å²) in [6.07, 6.45) is 3.44. The van der Waals surface area contributed by atoms with E-state index in [2.05, 4.69) is 34.3 Å². The molecule has 1 aromatic carbocycles. The molecule has 0 radical (unpaired) electrons. The zero-order chi connectivity index (χ0) is 19.4. The number of aromatic nitrogens is 4. The molecule has 1 amide bonds. The van der Waals surface area contributed by atoms with Gasteiger partial charge in [0.25, 0.3) is 0 Å². The van der Waals surface area contributed by atoms with E-state index in [0.29, 0.717) is 11.1 Å². The van der Waals surface area contributed by atoms with Gasteiger partial charge in [-0.05, 0) is 36.6 Å². The van der Waals surface area contributed by atoms with E-state index in [1.165, 1.54) is 11.8 Å². The number of thioether (sulfide) groups is 1. The molecule has 0 spiro atoms. The van der Waals surface area contributed by atoms with E-state index in [1.807, 2.05) is 54.9 Å². The van der Waals surface area contributed by atoms with Crippen molar-refractivity contribution in [3.05, 3.63) is 54.4 Å². The van der Waals surface area contributed by atoms with Gasteiger partial charge in [0, 0.05) is 30.7 Å². The van der Waals surface area contributed by atoms with Crippen molar-refractivity contribution in [2.45, 2.75) is 37.1 Å². The predicted molar refractivity (Wildman–Crippen MR) is 109 cm³/mol. The zero-order valence-electron chi connectivity index (χ0n) is 15.9. The molecule has 0 fully saturated rings. The van der Waals surface area contributed by atoms with Crippen LogP contribution in [0.25, 0.3) is 11.4 Å². The summed E-state index contributed by atoms with van der Waals surface area (Å²) in [6.45, 7) is 6.10. The monoisotopic (exact) mass is 381 g/mol. The first kappa shape index (κ1) is 19.1. The van der Waals surface area contributed by atoms with Gasteiger partial charge in [0.15, 0.2) is 11.0 Å². The summed E-state index contributed by atoms with van der Waals surface area (Å²) in [4.78, 5) is 16.7. The number of benzene rings is 1. The van der Waals surface area contributed by atoms with Crippen LogP contribution in [0.4, 0.5) is 5.69 Å². The Labute approximate surface area is 163 Å². The molecule has 0 aliphatic rings. The van der Waals surface area contributed by atoms with E-state index in [-0.39, 0.29) is 11.2 Å². The van der Waals surface area contributed by atoms with Crippen LogP contribution in [0.5, 0.6) is 0 Å². The fraction of sp³-hybridized carbons (Fsp3) is 0.300. The molecule has 0 aliphatic heterocycles. The van der Waals surface area contributed by atoms with Gasteiger partial charge in [-0.2, -0.15) is 0 Å². The molecule has 0 saturated heterocycles.